The number of benzene rings is 1. The second-order valence-corrected chi connectivity index (χ2v) is 3.74. The number of nitrogens with two attached hydrogens (primary N) is 1. The molecule has 0 spiro atoms. The quantitative estimate of drug-likeness (QED) is 0.651. The zero-order valence-corrected chi connectivity index (χ0v) is 9.81. The van der Waals surface area contributed by atoms with Crippen molar-refractivity contribution in [2.75, 3.05) is 5.32 Å². The van der Waals surface area contributed by atoms with Crippen LogP contribution >= 0.6 is 0 Å². The molecule has 6 nitrogen and oxygen atoms in total. The number of rotatable bonds is 4. The molecule has 0 fully saturated rings. The summed E-state index contributed by atoms with van der Waals surface area (Å²) in [5.74, 6) is 0.712. The molecule has 94 valence electrons. The van der Waals surface area contributed by atoms with Gasteiger partial charge in [0.1, 0.15) is 5.82 Å². The molecule has 0 radical (unpaired) electrons. The van der Waals surface area contributed by atoms with E-state index in [-0.39, 0.29) is 6.03 Å². The van der Waals surface area contributed by atoms with Gasteiger partial charge < -0.3 is 21.4 Å². The number of carbonyl (C=O) groups is 1. The van der Waals surface area contributed by atoms with Crippen LogP contribution in [0.4, 0.5) is 10.5 Å². The highest BCUT2D eigenvalue weighted by atomic mass is 16.2. The van der Waals surface area contributed by atoms with Gasteiger partial charge in [0.05, 0.1) is 6.54 Å². The lowest BCUT2D eigenvalue weighted by molar-refractivity contribution is 0.251. The lowest BCUT2D eigenvalue weighted by atomic mass is 10.2. The Balaban J connectivity index is 1.83. The Morgan fingerprint density at radius 3 is 2.72 bits per heavy atom. The number of hydrogen-bond donors (Lipinski definition) is 4. The minimum absolute atomic E-state index is 0.271. The number of nitrogens with one attached hydrogen (secondary N) is 3. The van der Waals surface area contributed by atoms with Crippen LogP contribution in [0, 0.1) is 0 Å². The number of imidazole rings is 1. The number of amides is 2. The van der Waals surface area contributed by atoms with Gasteiger partial charge in [-0.25, -0.2) is 9.78 Å². The molecule has 0 saturated carbocycles. The number of H-pyrrole nitrogens is 1. The van der Waals surface area contributed by atoms with Crippen molar-refractivity contribution >= 4 is 11.7 Å². The molecule has 5 N–H and O–H groups in total. The van der Waals surface area contributed by atoms with E-state index in [1.807, 2.05) is 24.3 Å². The fourth-order valence-corrected chi connectivity index (χ4v) is 1.46. The predicted molar refractivity (Wildman–Crippen MR) is 68.8 cm³/mol. The summed E-state index contributed by atoms with van der Waals surface area (Å²) in [5.41, 5.74) is 7.24. The van der Waals surface area contributed by atoms with Crippen LogP contribution in [0.15, 0.2) is 36.7 Å². The van der Waals surface area contributed by atoms with Gasteiger partial charge in [0.2, 0.25) is 0 Å². The van der Waals surface area contributed by atoms with E-state index in [9.17, 15) is 4.79 Å². The Labute approximate surface area is 105 Å². The second-order valence-electron chi connectivity index (χ2n) is 3.74. The Kier molecular flexibility index (Phi) is 3.93. The number of urea groups is 1. The van der Waals surface area contributed by atoms with Crippen molar-refractivity contribution in [1.82, 2.24) is 15.3 Å². The fraction of sp³-hybridized carbons (Fsp3) is 0.167. The van der Waals surface area contributed by atoms with Gasteiger partial charge in [-0.3, -0.25) is 0 Å². The Hall–Kier alpha value is -2.34. The molecule has 0 saturated heterocycles. The summed E-state index contributed by atoms with van der Waals surface area (Å²) in [4.78, 5) is 18.5. The Morgan fingerprint density at radius 2 is 2.11 bits per heavy atom. The van der Waals surface area contributed by atoms with E-state index in [0.29, 0.717) is 18.9 Å². The van der Waals surface area contributed by atoms with Crippen LogP contribution in [0.25, 0.3) is 0 Å². The number of hydrogen-bond acceptors (Lipinski definition) is 3. The molecule has 2 aromatic rings. The highest BCUT2D eigenvalue weighted by Gasteiger charge is 2.02. The fourth-order valence-electron chi connectivity index (χ4n) is 1.46. The zero-order chi connectivity index (χ0) is 12.8. The molecule has 2 rings (SSSR count). The lowest BCUT2D eigenvalue weighted by Gasteiger charge is -2.07. The van der Waals surface area contributed by atoms with Crippen molar-refractivity contribution in [2.24, 2.45) is 5.73 Å². The maximum atomic E-state index is 11.6. The highest BCUT2D eigenvalue weighted by Crippen LogP contribution is 2.08. The van der Waals surface area contributed by atoms with Gasteiger partial charge in [-0.15, -0.1) is 0 Å². The third-order valence-electron chi connectivity index (χ3n) is 2.42. The highest BCUT2D eigenvalue weighted by molar-refractivity contribution is 5.89. The smallest absolute Gasteiger partial charge is 0.319 e. The van der Waals surface area contributed by atoms with Crippen LogP contribution in [0.1, 0.15) is 11.4 Å². The SMILES string of the molecule is NCc1ccc(NC(=O)NCc2ncc[nH]2)cc1. The molecule has 0 atom stereocenters. The molecule has 2 amide bonds. The lowest BCUT2D eigenvalue weighted by Crippen LogP contribution is -2.28. The number of carbonyl (C=O) groups excluding carboxylic acids is 1. The molecule has 6 heteroatoms. The zero-order valence-electron chi connectivity index (χ0n) is 9.81. The molecule has 1 aromatic carbocycles. The molecule has 0 bridgehead atoms. The van der Waals surface area contributed by atoms with E-state index in [1.54, 1.807) is 12.4 Å². The summed E-state index contributed by atoms with van der Waals surface area (Å²) in [6.07, 6.45) is 3.35. The number of aromatic amines is 1. The van der Waals surface area contributed by atoms with Gasteiger partial charge in [-0.05, 0) is 17.7 Å². The maximum Gasteiger partial charge on any atom is 0.319 e. The van der Waals surface area contributed by atoms with Crippen LogP contribution in [0.2, 0.25) is 0 Å². The first-order valence-corrected chi connectivity index (χ1v) is 5.60. The summed E-state index contributed by atoms with van der Waals surface area (Å²) in [5, 5.41) is 5.42. The van der Waals surface area contributed by atoms with Gasteiger partial charge in [-0.1, -0.05) is 12.1 Å². The summed E-state index contributed by atoms with van der Waals surface area (Å²) >= 11 is 0. The molecule has 1 heterocycles. The average molecular weight is 245 g/mol. The second kappa shape index (κ2) is 5.83. The molecule has 0 aliphatic carbocycles. The average Bonchev–Trinajstić information content (AvgIpc) is 2.90. The van der Waals surface area contributed by atoms with E-state index in [2.05, 4.69) is 20.6 Å². The molecule has 0 aliphatic heterocycles. The summed E-state index contributed by atoms with van der Waals surface area (Å²) < 4.78 is 0. The van der Waals surface area contributed by atoms with E-state index < -0.39 is 0 Å². The Bertz CT molecular complexity index is 492. The normalized spacial score (nSPS) is 10.1. The summed E-state index contributed by atoms with van der Waals surface area (Å²) in [6, 6.07) is 7.11. The molecule has 1 aromatic heterocycles. The number of anilines is 1. The molecule has 0 unspecified atom stereocenters. The number of aromatic nitrogens is 2. The van der Waals surface area contributed by atoms with Gasteiger partial charge in [0.25, 0.3) is 0 Å². The van der Waals surface area contributed by atoms with Crippen molar-refractivity contribution in [2.45, 2.75) is 13.1 Å². The third kappa shape index (κ3) is 3.33. The van der Waals surface area contributed by atoms with Gasteiger partial charge in [-0.2, -0.15) is 0 Å². The van der Waals surface area contributed by atoms with Crippen LogP contribution in [-0.2, 0) is 13.1 Å². The third-order valence-corrected chi connectivity index (χ3v) is 2.42. The van der Waals surface area contributed by atoms with E-state index in [4.69, 9.17) is 5.73 Å². The van der Waals surface area contributed by atoms with E-state index >= 15 is 0 Å². The molecular weight excluding hydrogens is 230 g/mol. The van der Waals surface area contributed by atoms with Gasteiger partial charge in [0, 0.05) is 24.6 Å². The van der Waals surface area contributed by atoms with Crippen molar-refractivity contribution in [3.05, 3.63) is 48.0 Å². The van der Waals surface area contributed by atoms with Crippen molar-refractivity contribution in [1.29, 1.82) is 0 Å². The van der Waals surface area contributed by atoms with Crippen molar-refractivity contribution in [3.63, 3.8) is 0 Å². The standard InChI is InChI=1S/C12H15N5O/c13-7-9-1-3-10(4-2-9)17-12(18)16-8-11-14-5-6-15-11/h1-6H,7-8,13H2,(H,14,15)(H2,16,17,18). The Morgan fingerprint density at radius 1 is 1.33 bits per heavy atom. The first-order chi connectivity index (χ1) is 8.78. The maximum absolute atomic E-state index is 11.6. The minimum atomic E-state index is -0.271. The first-order valence-electron chi connectivity index (χ1n) is 5.60. The summed E-state index contributed by atoms with van der Waals surface area (Å²) in [6.45, 7) is 0.852. The number of nitrogens with zero attached hydrogens (tertiary/aromatic N) is 1. The van der Waals surface area contributed by atoms with Crippen LogP contribution < -0.4 is 16.4 Å². The minimum Gasteiger partial charge on any atom is -0.347 e. The predicted octanol–water partition coefficient (Wildman–Crippen LogP) is 1.19. The van der Waals surface area contributed by atoms with Gasteiger partial charge >= 0.3 is 6.03 Å². The van der Waals surface area contributed by atoms with Crippen molar-refractivity contribution < 1.29 is 4.79 Å². The van der Waals surface area contributed by atoms with Gasteiger partial charge in [0.15, 0.2) is 0 Å². The van der Waals surface area contributed by atoms with Crippen molar-refractivity contribution in [3.8, 4) is 0 Å². The monoisotopic (exact) mass is 245 g/mol. The molecular formula is C12H15N5O. The van der Waals surface area contributed by atoms with E-state index in [1.165, 1.54) is 0 Å². The first kappa shape index (κ1) is 12.1. The van der Waals surface area contributed by atoms with Crippen LogP contribution in [-0.4, -0.2) is 16.0 Å². The van der Waals surface area contributed by atoms with E-state index in [0.717, 1.165) is 11.3 Å². The summed E-state index contributed by atoms with van der Waals surface area (Å²) in [7, 11) is 0. The topological polar surface area (TPSA) is 95.8 Å². The largest absolute Gasteiger partial charge is 0.347 e. The molecule has 18 heavy (non-hydrogen) atoms. The van der Waals surface area contributed by atoms with Crippen LogP contribution in [0.5, 0.6) is 0 Å². The van der Waals surface area contributed by atoms with Crippen LogP contribution in [0.3, 0.4) is 0 Å². The molecule has 0 aliphatic rings.